The first kappa shape index (κ1) is 22.6. The third kappa shape index (κ3) is 4.74. The summed E-state index contributed by atoms with van der Waals surface area (Å²) in [6.45, 7) is 0.744. The number of thiophene rings is 1. The summed E-state index contributed by atoms with van der Waals surface area (Å²) < 4.78 is 38.7. The van der Waals surface area contributed by atoms with Gasteiger partial charge in [-0.1, -0.05) is 42.5 Å². The van der Waals surface area contributed by atoms with E-state index in [9.17, 15) is 18.0 Å². The van der Waals surface area contributed by atoms with Crippen molar-refractivity contribution in [1.29, 1.82) is 0 Å². The van der Waals surface area contributed by atoms with E-state index in [-0.39, 0.29) is 11.9 Å². The maximum Gasteiger partial charge on any atom is 0.416 e. The lowest BCUT2D eigenvalue weighted by atomic mass is 9.92. The minimum atomic E-state index is -4.33. The molecular formula is C25H25F3N2OS. The fraction of sp³-hybridized carbons (Fsp3) is 0.320. The molecule has 0 aliphatic carbocycles. The van der Waals surface area contributed by atoms with Crippen LogP contribution in [0.25, 0.3) is 0 Å². The molecule has 0 bridgehead atoms. The molecule has 0 fully saturated rings. The van der Waals surface area contributed by atoms with Crippen molar-refractivity contribution in [1.82, 2.24) is 10.2 Å². The van der Waals surface area contributed by atoms with Crippen molar-refractivity contribution >= 4 is 17.2 Å². The maximum absolute atomic E-state index is 13.0. The molecule has 0 spiro atoms. The van der Waals surface area contributed by atoms with Crippen LogP contribution in [0.4, 0.5) is 13.2 Å². The van der Waals surface area contributed by atoms with Gasteiger partial charge in [0.2, 0.25) is 5.91 Å². The van der Waals surface area contributed by atoms with Crippen molar-refractivity contribution in [3.05, 3.63) is 93.2 Å². The van der Waals surface area contributed by atoms with Crippen LogP contribution in [0.3, 0.4) is 0 Å². The van der Waals surface area contributed by atoms with E-state index in [4.69, 9.17) is 0 Å². The number of aryl methyl sites for hydroxylation is 1. The van der Waals surface area contributed by atoms with Gasteiger partial charge in [-0.3, -0.25) is 9.69 Å². The maximum atomic E-state index is 13.0. The Morgan fingerprint density at radius 1 is 1.12 bits per heavy atom. The van der Waals surface area contributed by atoms with Crippen molar-refractivity contribution < 1.29 is 18.0 Å². The number of amides is 1. The normalized spacial score (nSPS) is 17.6. The second-order valence-electron chi connectivity index (χ2n) is 7.97. The number of halogens is 3. The summed E-state index contributed by atoms with van der Waals surface area (Å²) in [7, 11) is 1.65. The van der Waals surface area contributed by atoms with Gasteiger partial charge in [-0.25, -0.2) is 0 Å². The van der Waals surface area contributed by atoms with Crippen LogP contribution >= 0.6 is 11.3 Å². The number of benzene rings is 2. The second-order valence-corrected chi connectivity index (χ2v) is 8.92. The molecule has 168 valence electrons. The Morgan fingerprint density at radius 2 is 1.84 bits per heavy atom. The summed E-state index contributed by atoms with van der Waals surface area (Å²) in [4.78, 5) is 16.4. The Labute approximate surface area is 189 Å². The third-order valence-electron chi connectivity index (χ3n) is 6.05. The molecule has 2 heterocycles. The van der Waals surface area contributed by atoms with Crippen LogP contribution in [0.1, 0.15) is 45.6 Å². The molecule has 7 heteroatoms. The number of nitrogens with zero attached hydrogens (tertiary/aromatic N) is 1. The smallest absolute Gasteiger partial charge is 0.358 e. The molecule has 1 aliphatic heterocycles. The fourth-order valence-electron chi connectivity index (χ4n) is 4.44. The van der Waals surface area contributed by atoms with Gasteiger partial charge in [-0.15, -0.1) is 11.3 Å². The van der Waals surface area contributed by atoms with Crippen molar-refractivity contribution in [2.75, 3.05) is 13.6 Å². The van der Waals surface area contributed by atoms with Crippen molar-refractivity contribution in [3.8, 4) is 0 Å². The van der Waals surface area contributed by atoms with Crippen LogP contribution in [0.5, 0.6) is 0 Å². The molecule has 0 radical (unpaired) electrons. The van der Waals surface area contributed by atoms with Gasteiger partial charge in [0.1, 0.15) is 6.04 Å². The number of hydrogen-bond donors (Lipinski definition) is 1. The summed E-state index contributed by atoms with van der Waals surface area (Å²) in [6.07, 6.45) is -2.11. The molecule has 3 aromatic rings. The lowest BCUT2D eigenvalue weighted by molar-refractivity contribution is -0.137. The number of likely N-dealkylation sites (N-methyl/N-ethyl adjacent to an activating group) is 1. The Kier molecular flexibility index (Phi) is 6.67. The number of hydrogen-bond acceptors (Lipinski definition) is 3. The SMILES string of the molecule is CNC(=O)C(c1ccccc1)N1CCc2ccsc2C1CCc1ccc(C(F)(F)F)cc1. The summed E-state index contributed by atoms with van der Waals surface area (Å²) in [5.74, 6) is -0.0595. The number of carbonyl (C=O) groups excluding carboxylic acids is 1. The zero-order valence-electron chi connectivity index (χ0n) is 17.7. The number of nitrogens with one attached hydrogen (secondary N) is 1. The van der Waals surface area contributed by atoms with E-state index < -0.39 is 17.8 Å². The van der Waals surface area contributed by atoms with Gasteiger partial charge in [-0.05, 0) is 59.5 Å². The van der Waals surface area contributed by atoms with Crippen LogP contribution in [0, 0.1) is 0 Å². The predicted octanol–water partition coefficient (Wildman–Crippen LogP) is 5.79. The van der Waals surface area contributed by atoms with Crippen LogP contribution in [-0.4, -0.2) is 24.4 Å². The molecule has 0 saturated heterocycles. The average Bonchev–Trinajstić information content (AvgIpc) is 3.27. The van der Waals surface area contributed by atoms with E-state index in [0.29, 0.717) is 6.42 Å². The highest BCUT2D eigenvalue weighted by Crippen LogP contribution is 2.41. The van der Waals surface area contributed by atoms with Gasteiger partial charge in [0, 0.05) is 24.5 Å². The summed E-state index contributed by atoms with van der Waals surface area (Å²) in [5, 5.41) is 4.89. The lowest BCUT2D eigenvalue weighted by Gasteiger charge is -2.40. The Hall–Kier alpha value is -2.64. The Bertz CT molecular complexity index is 1050. The van der Waals surface area contributed by atoms with Crippen molar-refractivity contribution in [2.24, 2.45) is 0 Å². The molecule has 1 amide bonds. The van der Waals surface area contributed by atoms with Gasteiger partial charge < -0.3 is 5.32 Å². The zero-order chi connectivity index (χ0) is 22.7. The molecule has 1 N–H and O–H groups in total. The van der Waals surface area contributed by atoms with E-state index in [1.807, 2.05) is 30.3 Å². The largest absolute Gasteiger partial charge is 0.416 e. The molecule has 2 aromatic carbocycles. The summed E-state index contributed by atoms with van der Waals surface area (Å²) >= 11 is 1.69. The minimum Gasteiger partial charge on any atom is -0.358 e. The van der Waals surface area contributed by atoms with E-state index in [0.717, 1.165) is 42.6 Å². The van der Waals surface area contributed by atoms with Gasteiger partial charge >= 0.3 is 6.18 Å². The number of rotatable bonds is 6. The first-order valence-corrected chi connectivity index (χ1v) is 11.5. The highest BCUT2D eigenvalue weighted by Gasteiger charge is 2.37. The molecule has 2 unspecified atom stereocenters. The van der Waals surface area contributed by atoms with Gasteiger partial charge in [0.15, 0.2) is 0 Å². The molecule has 1 aromatic heterocycles. The number of carbonyl (C=O) groups is 1. The standard InChI is InChI=1S/C25H25F3N2OS/c1-29-24(31)22(18-5-3-2-4-6-18)30-15-13-19-14-16-32-23(19)21(30)12-9-17-7-10-20(11-8-17)25(26,27)28/h2-8,10-11,14,16,21-22H,9,12-13,15H2,1H3,(H,29,31). The van der Waals surface area contributed by atoms with Crippen LogP contribution in [0.2, 0.25) is 0 Å². The monoisotopic (exact) mass is 458 g/mol. The highest BCUT2D eigenvalue weighted by atomic mass is 32.1. The number of fused-ring (bicyclic) bond motifs is 1. The lowest BCUT2D eigenvalue weighted by Crippen LogP contribution is -2.44. The van der Waals surface area contributed by atoms with Crippen molar-refractivity contribution in [2.45, 2.75) is 37.5 Å². The van der Waals surface area contributed by atoms with Crippen LogP contribution < -0.4 is 5.32 Å². The van der Waals surface area contributed by atoms with Gasteiger partial charge in [0.05, 0.1) is 5.56 Å². The highest BCUT2D eigenvalue weighted by molar-refractivity contribution is 7.10. The molecule has 32 heavy (non-hydrogen) atoms. The molecular weight excluding hydrogens is 433 g/mol. The molecule has 1 aliphatic rings. The van der Waals surface area contributed by atoms with Crippen molar-refractivity contribution in [3.63, 3.8) is 0 Å². The topological polar surface area (TPSA) is 32.3 Å². The Morgan fingerprint density at radius 3 is 2.50 bits per heavy atom. The summed E-state index contributed by atoms with van der Waals surface area (Å²) in [6, 6.07) is 16.9. The van der Waals surface area contributed by atoms with E-state index >= 15 is 0 Å². The first-order valence-electron chi connectivity index (χ1n) is 10.6. The van der Waals surface area contributed by atoms with Crippen LogP contribution in [0.15, 0.2) is 66.0 Å². The Balaban J connectivity index is 1.61. The fourth-order valence-corrected chi connectivity index (χ4v) is 5.55. The van der Waals surface area contributed by atoms with E-state index in [1.54, 1.807) is 30.5 Å². The molecule has 2 atom stereocenters. The van der Waals surface area contributed by atoms with Crippen LogP contribution in [-0.2, 0) is 23.8 Å². The predicted molar refractivity (Wildman–Crippen MR) is 120 cm³/mol. The second kappa shape index (κ2) is 9.46. The average molecular weight is 459 g/mol. The molecule has 0 saturated carbocycles. The zero-order valence-corrected chi connectivity index (χ0v) is 18.5. The third-order valence-corrected chi connectivity index (χ3v) is 7.11. The molecule has 4 rings (SSSR count). The van der Waals surface area contributed by atoms with E-state index in [2.05, 4.69) is 21.7 Å². The number of alkyl halides is 3. The minimum absolute atomic E-state index is 0.0172. The quantitative estimate of drug-likeness (QED) is 0.507. The van der Waals surface area contributed by atoms with Gasteiger partial charge in [0.25, 0.3) is 0 Å². The van der Waals surface area contributed by atoms with Gasteiger partial charge in [-0.2, -0.15) is 13.2 Å². The first-order chi connectivity index (χ1) is 15.4. The van der Waals surface area contributed by atoms with E-state index in [1.165, 1.54) is 10.4 Å². The molecule has 3 nitrogen and oxygen atoms in total. The summed E-state index contributed by atoms with van der Waals surface area (Å²) in [5.41, 5.74) is 2.46.